The van der Waals surface area contributed by atoms with E-state index in [1.54, 1.807) is 19.6 Å². The number of carbonyl (C=O) groups is 9. The van der Waals surface area contributed by atoms with Crippen LogP contribution in [0.15, 0.2) is 24.3 Å². The smallest absolute Gasteiger partial charge is 0.326 e. The Bertz CT molecular complexity index is 1840. The highest BCUT2D eigenvalue weighted by atomic mass is 32.1. The van der Waals surface area contributed by atoms with Gasteiger partial charge < -0.3 is 51.7 Å². The van der Waals surface area contributed by atoms with Crippen molar-refractivity contribution in [3.05, 3.63) is 35.4 Å². The molecular formula is C43H65N7O16S. The number of hydrogen-bond donors (Lipinski definition) is 10. The number of aliphatic carboxylic acids is 7. The van der Waals surface area contributed by atoms with E-state index in [1.165, 1.54) is 0 Å². The van der Waals surface area contributed by atoms with Crippen LogP contribution in [0.4, 0.5) is 4.79 Å². The molecule has 1 unspecified atom stereocenters. The summed E-state index contributed by atoms with van der Waals surface area (Å²) in [7, 11) is 0. The molecule has 1 aliphatic heterocycles. The second kappa shape index (κ2) is 31.2. The van der Waals surface area contributed by atoms with Gasteiger partial charge in [0.05, 0.1) is 26.2 Å². The van der Waals surface area contributed by atoms with E-state index in [4.69, 9.17) is 17.3 Å². The molecule has 1 fully saturated rings. The summed E-state index contributed by atoms with van der Waals surface area (Å²) in [4.78, 5) is 113. The maximum absolute atomic E-state index is 12.4. The van der Waals surface area contributed by atoms with E-state index >= 15 is 0 Å². The predicted octanol–water partition coefficient (Wildman–Crippen LogP) is 0.378. The maximum Gasteiger partial charge on any atom is 0.326 e. The molecule has 1 aliphatic rings. The Kier molecular flexibility index (Phi) is 26.7. The Hall–Kier alpha value is -5.82. The Morgan fingerprint density at radius 1 is 0.552 bits per heavy atom. The molecule has 23 nitrogen and oxygen atoms in total. The number of carbonyl (C=O) groups excluding carboxylic acids is 2. The zero-order valence-corrected chi connectivity index (χ0v) is 38.3. The van der Waals surface area contributed by atoms with Crippen molar-refractivity contribution in [2.45, 2.75) is 95.2 Å². The van der Waals surface area contributed by atoms with E-state index in [2.05, 4.69) is 16.0 Å². The third kappa shape index (κ3) is 26.2. The van der Waals surface area contributed by atoms with E-state index < -0.39 is 72.4 Å². The van der Waals surface area contributed by atoms with Crippen molar-refractivity contribution in [3.8, 4) is 0 Å². The van der Waals surface area contributed by atoms with Crippen LogP contribution in [0.3, 0.4) is 0 Å². The largest absolute Gasteiger partial charge is 0.481 e. The Balaban J connectivity index is 1.87. The van der Waals surface area contributed by atoms with Crippen molar-refractivity contribution in [1.29, 1.82) is 0 Å². The van der Waals surface area contributed by atoms with Crippen molar-refractivity contribution in [2.75, 3.05) is 78.5 Å². The van der Waals surface area contributed by atoms with Crippen LogP contribution in [0, 0.1) is 0 Å². The average Bonchev–Trinajstić information content (AvgIpc) is 3.22. The van der Waals surface area contributed by atoms with Crippen molar-refractivity contribution in [3.63, 3.8) is 0 Å². The highest BCUT2D eigenvalue weighted by molar-refractivity contribution is 7.80. The van der Waals surface area contributed by atoms with Crippen molar-refractivity contribution in [2.24, 2.45) is 0 Å². The van der Waals surface area contributed by atoms with E-state index in [1.807, 2.05) is 24.3 Å². The lowest BCUT2D eigenvalue weighted by Gasteiger charge is -2.37. The molecule has 10 N–H and O–H groups in total. The van der Waals surface area contributed by atoms with Gasteiger partial charge in [-0.05, 0) is 67.4 Å². The molecule has 67 heavy (non-hydrogen) atoms. The van der Waals surface area contributed by atoms with Gasteiger partial charge in [-0.2, -0.15) is 0 Å². The minimum absolute atomic E-state index is 0.00923. The Morgan fingerprint density at radius 2 is 1.04 bits per heavy atom. The van der Waals surface area contributed by atoms with Crippen LogP contribution in [0.2, 0.25) is 0 Å². The SMILES string of the molecule is O=C(O)CC[C@H](NC(=O)N[C@@H](CCCCNC(=O)CCCCCC(=S)Cc1ccc(CC2CN(CC(=O)O)CCN(CC(=O)O)CCN(CC(=O)O)CCN2CC(=O)O)cc1)C(=O)O)C(=O)O. The number of nitrogens with one attached hydrogen (secondary N) is 3. The number of rotatable bonds is 30. The Morgan fingerprint density at radius 3 is 1.58 bits per heavy atom. The topological polar surface area (TPSA) is 344 Å². The summed E-state index contributed by atoms with van der Waals surface area (Å²) in [5, 5.41) is 73.0. The van der Waals surface area contributed by atoms with Gasteiger partial charge in [-0.1, -0.05) is 42.9 Å². The molecule has 1 saturated heterocycles. The minimum atomic E-state index is -1.51. The van der Waals surface area contributed by atoms with Gasteiger partial charge in [0, 0.05) is 77.7 Å². The maximum atomic E-state index is 12.4. The number of unbranched alkanes of at least 4 members (excludes halogenated alkanes) is 3. The molecule has 0 saturated carbocycles. The Labute approximate surface area is 393 Å². The average molecular weight is 968 g/mol. The summed E-state index contributed by atoms with van der Waals surface area (Å²) in [5.41, 5.74) is 1.81. The number of nitrogens with zero attached hydrogens (tertiary/aromatic N) is 4. The van der Waals surface area contributed by atoms with Gasteiger partial charge in [0.2, 0.25) is 5.91 Å². The second-order valence-electron chi connectivity index (χ2n) is 16.5. The third-order valence-electron chi connectivity index (χ3n) is 10.9. The molecule has 0 aromatic heterocycles. The first-order chi connectivity index (χ1) is 31.7. The quantitative estimate of drug-likeness (QED) is 0.0368. The lowest BCUT2D eigenvalue weighted by atomic mass is 9.99. The molecule has 24 heteroatoms. The molecule has 0 spiro atoms. The highest BCUT2D eigenvalue weighted by Gasteiger charge is 2.28. The summed E-state index contributed by atoms with van der Waals surface area (Å²) in [6, 6.07) is 3.28. The first-order valence-corrected chi connectivity index (χ1v) is 22.5. The normalized spacial score (nSPS) is 16.6. The van der Waals surface area contributed by atoms with Gasteiger partial charge >= 0.3 is 47.8 Å². The van der Waals surface area contributed by atoms with Gasteiger partial charge in [0.15, 0.2) is 0 Å². The summed E-state index contributed by atoms with van der Waals surface area (Å²) in [6.45, 7) is 0.260. The molecule has 0 radical (unpaired) electrons. The van der Waals surface area contributed by atoms with Crippen LogP contribution in [0.5, 0.6) is 0 Å². The number of benzene rings is 1. The zero-order valence-electron chi connectivity index (χ0n) is 37.5. The van der Waals surface area contributed by atoms with Gasteiger partial charge in [-0.3, -0.25) is 48.4 Å². The van der Waals surface area contributed by atoms with Crippen LogP contribution in [0.25, 0.3) is 0 Å². The van der Waals surface area contributed by atoms with Crippen molar-refractivity contribution in [1.82, 2.24) is 35.6 Å². The summed E-state index contributed by atoms with van der Waals surface area (Å²) in [6.07, 6.45) is 3.82. The van der Waals surface area contributed by atoms with Crippen LogP contribution in [0.1, 0.15) is 75.3 Å². The highest BCUT2D eigenvalue weighted by Crippen LogP contribution is 2.16. The number of carboxylic acids is 7. The standard InChI is InChI=1S/C43H65N7O16S/c51-35(44-15-5-4-7-33(41(62)63)45-43(66)46-34(42(64)65)13-14-36(52)53)8-3-1-2-6-32(67)23-30-11-9-29(10-12-30)22-31-24-49(27-39(58)59)19-18-47(25-37(54)55)16-17-48(26-38(56)57)20-21-50(31)28-40(60)61/h9-12,31,33-34H,1-8,13-28H2,(H,44,51)(H,52,53)(H,54,55)(H,56,57)(H,58,59)(H,60,61)(H,62,63)(H,64,65)(H2,45,46,66)/t31?,33-,34-/m0/s1. The fraction of sp³-hybridized carbons (Fsp3) is 0.628. The first kappa shape index (κ1) is 57.3. The van der Waals surface area contributed by atoms with Crippen LogP contribution >= 0.6 is 12.2 Å². The van der Waals surface area contributed by atoms with E-state index in [9.17, 15) is 73.8 Å². The fourth-order valence-corrected chi connectivity index (χ4v) is 7.76. The number of amides is 3. The molecule has 1 aromatic carbocycles. The van der Waals surface area contributed by atoms with Crippen molar-refractivity contribution < 1.29 is 78.9 Å². The fourth-order valence-electron chi connectivity index (χ4n) is 7.45. The molecule has 0 bridgehead atoms. The number of thiocarbonyl (C=S) groups is 1. The monoisotopic (exact) mass is 967 g/mol. The van der Waals surface area contributed by atoms with Crippen molar-refractivity contribution >= 4 is 70.8 Å². The molecule has 3 atom stereocenters. The van der Waals surface area contributed by atoms with Crippen LogP contribution in [-0.2, 0) is 51.2 Å². The van der Waals surface area contributed by atoms with E-state index in [0.717, 1.165) is 28.8 Å². The van der Waals surface area contributed by atoms with Gasteiger partial charge in [-0.15, -0.1) is 0 Å². The van der Waals surface area contributed by atoms with Crippen LogP contribution < -0.4 is 16.0 Å². The minimum Gasteiger partial charge on any atom is -0.481 e. The predicted molar refractivity (Wildman–Crippen MR) is 243 cm³/mol. The van der Waals surface area contributed by atoms with Gasteiger partial charge in [-0.25, -0.2) is 14.4 Å². The first-order valence-electron chi connectivity index (χ1n) is 22.1. The molecule has 2 rings (SSSR count). The molecule has 1 aromatic rings. The number of carboxylic acid groups (broad SMARTS) is 7. The number of hydrogen-bond acceptors (Lipinski definition) is 14. The van der Waals surface area contributed by atoms with Crippen LogP contribution in [-0.4, -0.2) is 211 Å². The lowest BCUT2D eigenvalue weighted by Crippen LogP contribution is -2.53. The zero-order chi connectivity index (χ0) is 49.9. The molecule has 374 valence electrons. The summed E-state index contributed by atoms with van der Waals surface area (Å²) in [5.74, 6) is -8.56. The third-order valence-corrected chi connectivity index (χ3v) is 11.3. The van der Waals surface area contributed by atoms with Gasteiger partial charge in [0.25, 0.3) is 0 Å². The summed E-state index contributed by atoms with van der Waals surface area (Å²) < 4.78 is 0. The molecule has 1 heterocycles. The number of urea groups is 1. The summed E-state index contributed by atoms with van der Waals surface area (Å²) >= 11 is 5.65. The van der Waals surface area contributed by atoms with E-state index in [0.29, 0.717) is 38.5 Å². The molecule has 3 amide bonds. The second-order valence-corrected chi connectivity index (χ2v) is 17.0. The molecular weight excluding hydrogens is 903 g/mol. The lowest BCUT2D eigenvalue weighted by molar-refractivity contribution is -0.142. The molecule has 0 aliphatic carbocycles. The van der Waals surface area contributed by atoms with Gasteiger partial charge in [0.1, 0.15) is 12.1 Å². The van der Waals surface area contributed by atoms with E-state index in [-0.39, 0.29) is 104 Å².